The van der Waals surface area contributed by atoms with Gasteiger partial charge in [0.05, 0.1) is 16.9 Å². The fraction of sp³-hybridized carbons (Fsp3) is 0.478. The first kappa shape index (κ1) is 22.5. The number of aryl methyl sites for hydroxylation is 1. The molecule has 0 spiro atoms. The van der Waals surface area contributed by atoms with Crippen LogP contribution in [-0.4, -0.2) is 39.5 Å². The van der Waals surface area contributed by atoms with Crippen LogP contribution in [0.3, 0.4) is 0 Å². The van der Waals surface area contributed by atoms with E-state index in [1.165, 1.54) is 18.3 Å². The topological polar surface area (TPSA) is 93.2 Å². The minimum Gasteiger partial charge on any atom is -0.484 e. The van der Waals surface area contributed by atoms with Crippen LogP contribution >= 0.6 is 11.6 Å². The van der Waals surface area contributed by atoms with Crippen LogP contribution in [-0.2, 0) is 4.79 Å². The molecule has 2 bridgehead atoms. The van der Waals surface area contributed by atoms with Gasteiger partial charge in [-0.05, 0) is 57.1 Å². The lowest BCUT2D eigenvalue weighted by Crippen LogP contribution is -2.67. The summed E-state index contributed by atoms with van der Waals surface area (Å²) in [5.41, 5.74) is 0.438. The van der Waals surface area contributed by atoms with Gasteiger partial charge in [-0.1, -0.05) is 18.5 Å². The minimum absolute atomic E-state index is 0.00363. The predicted octanol–water partition coefficient (Wildman–Crippen LogP) is 3.59. The van der Waals surface area contributed by atoms with Gasteiger partial charge in [-0.2, -0.15) is 0 Å². The van der Waals surface area contributed by atoms with E-state index in [2.05, 4.69) is 27.5 Å². The third-order valence-corrected chi connectivity index (χ3v) is 7.09. The van der Waals surface area contributed by atoms with Crippen molar-refractivity contribution in [2.24, 2.45) is 5.92 Å². The fourth-order valence-corrected chi connectivity index (χ4v) is 5.04. The number of hydrogen-bond donors (Lipinski definition) is 2. The molecule has 1 atom stereocenters. The number of benzene rings is 1. The van der Waals surface area contributed by atoms with E-state index in [9.17, 15) is 14.0 Å². The molecule has 2 aromatic rings. The highest BCUT2D eigenvalue weighted by Crippen LogP contribution is 2.50. The molecule has 0 unspecified atom stereocenters. The van der Waals surface area contributed by atoms with E-state index in [1.54, 1.807) is 6.20 Å². The van der Waals surface area contributed by atoms with Crippen LogP contribution in [0, 0.1) is 18.7 Å². The maximum Gasteiger partial charge on any atom is 0.271 e. The van der Waals surface area contributed by atoms with Crippen molar-refractivity contribution in [1.82, 2.24) is 20.6 Å². The van der Waals surface area contributed by atoms with Crippen molar-refractivity contribution in [2.75, 3.05) is 6.61 Å². The van der Waals surface area contributed by atoms with E-state index < -0.39 is 5.82 Å². The third-order valence-electron chi connectivity index (χ3n) is 6.78. The molecular weight excluding hydrogens is 435 g/mol. The molecule has 3 fully saturated rings. The van der Waals surface area contributed by atoms with Crippen molar-refractivity contribution in [3.63, 3.8) is 0 Å². The van der Waals surface area contributed by atoms with Crippen LogP contribution in [0.5, 0.6) is 5.75 Å². The molecule has 0 aliphatic heterocycles. The molecule has 1 heterocycles. The van der Waals surface area contributed by atoms with E-state index >= 15 is 0 Å². The number of hydrogen-bond acceptors (Lipinski definition) is 5. The second kappa shape index (κ2) is 8.65. The Bertz CT molecular complexity index is 1020. The summed E-state index contributed by atoms with van der Waals surface area (Å²) in [6.07, 6.45) is 6.90. The van der Waals surface area contributed by atoms with E-state index in [0.717, 1.165) is 43.9 Å². The zero-order valence-corrected chi connectivity index (χ0v) is 18.8. The first-order valence-electron chi connectivity index (χ1n) is 10.7. The van der Waals surface area contributed by atoms with Crippen LogP contribution in [0.4, 0.5) is 4.39 Å². The number of carbonyl (C=O) groups excluding carboxylic acids is 2. The number of fused-ring (bicyclic) bond motifs is 3. The van der Waals surface area contributed by atoms with Crippen LogP contribution in [0.15, 0.2) is 30.6 Å². The van der Waals surface area contributed by atoms with E-state index in [0.29, 0.717) is 5.69 Å². The first-order chi connectivity index (χ1) is 15.2. The Balaban J connectivity index is 1.34. The van der Waals surface area contributed by atoms with Gasteiger partial charge in [0.2, 0.25) is 0 Å². The number of halogens is 2. The number of amides is 2. The molecule has 1 aromatic heterocycles. The van der Waals surface area contributed by atoms with Gasteiger partial charge in [-0.25, -0.2) is 9.37 Å². The molecule has 7 nitrogen and oxygen atoms in total. The number of ether oxygens (including phenoxy) is 1. The fourth-order valence-electron chi connectivity index (χ4n) is 4.92. The maximum atomic E-state index is 13.6. The Morgan fingerprint density at radius 1 is 1.19 bits per heavy atom. The van der Waals surface area contributed by atoms with Crippen molar-refractivity contribution < 1.29 is 18.7 Å². The summed E-state index contributed by atoms with van der Waals surface area (Å²) in [4.78, 5) is 33.6. The summed E-state index contributed by atoms with van der Waals surface area (Å²) in [6.45, 7) is 3.72. The maximum absolute atomic E-state index is 13.6. The standard InChI is InChI=1S/C23H26ClFN4O3/c1-14-10-22(29-21(31)19-12-26-15(2)11-27-19)5-7-23(14,8-6-22)28-20(30)13-32-16-3-4-17(24)18(25)9-16/h3-4,9,11-12,14H,5-8,10,13H2,1-2H3,(H,28,30)(H,29,31)/t14-,22?,23?/m0/s1. The number of nitrogens with zero attached hydrogens (tertiary/aromatic N) is 2. The Kier molecular flexibility index (Phi) is 6.07. The zero-order chi connectivity index (χ0) is 22.9. The van der Waals surface area contributed by atoms with Crippen LogP contribution in [0.1, 0.15) is 55.2 Å². The van der Waals surface area contributed by atoms with Crippen molar-refractivity contribution in [2.45, 2.75) is 57.0 Å². The van der Waals surface area contributed by atoms with Crippen molar-refractivity contribution in [3.8, 4) is 5.75 Å². The predicted molar refractivity (Wildman–Crippen MR) is 117 cm³/mol. The molecule has 2 N–H and O–H groups in total. The monoisotopic (exact) mass is 460 g/mol. The van der Waals surface area contributed by atoms with E-state index in [1.807, 2.05) is 6.92 Å². The normalized spacial score (nSPS) is 26.4. The minimum atomic E-state index is -0.591. The lowest BCUT2D eigenvalue weighted by molar-refractivity contribution is -0.128. The van der Waals surface area contributed by atoms with Gasteiger partial charge in [-0.3, -0.25) is 14.6 Å². The number of aromatic nitrogens is 2. The van der Waals surface area contributed by atoms with Gasteiger partial charge in [0.1, 0.15) is 17.3 Å². The highest BCUT2D eigenvalue weighted by atomic mass is 35.5. The van der Waals surface area contributed by atoms with Gasteiger partial charge >= 0.3 is 0 Å². The smallest absolute Gasteiger partial charge is 0.271 e. The van der Waals surface area contributed by atoms with Gasteiger partial charge in [0.25, 0.3) is 11.8 Å². The summed E-state index contributed by atoms with van der Waals surface area (Å²) < 4.78 is 19.0. The van der Waals surface area contributed by atoms with E-state index in [4.69, 9.17) is 16.3 Å². The number of nitrogens with one attached hydrogen (secondary N) is 2. The molecule has 5 rings (SSSR count). The zero-order valence-electron chi connectivity index (χ0n) is 18.1. The van der Waals surface area contributed by atoms with Crippen LogP contribution < -0.4 is 15.4 Å². The van der Waals surface area contributed by atoms with Crippen molar-refractivity contribution in [3.05, 3.63) is 52.8 Å². The lowest BCUT2D eigenvalue weighted by Gasteiger charge is -2.57. The van der Waals surface area contributed by atoms with Crippen LogP contribution in [0.2, 0.25) is 5.02 Å². The Morgan fingerprint density at radius 2 is 1.94 bits per heavy atom. The molecule has 0 radical (unpaired) electrons. The van der Waals surface area contributed by atoms with Gasteiger partial charge in [0, 0.05) is 23.3 Å². The molecular formula is C23H26ClFN4O3. The molecule has 170 valence electrons. The summed E-state index contributed by atoms with van der Waals surface area (Å²) in [5, 5.41) is 6.35. The average molecular weight is 461 g/mol. The summed E-state index contributed by atoms with van der Waals surface area (Å²) in [6, 6.07) is 4.08. The third kappa shape index (κ3) is 4.55. The quantitative estimate of drug-likeness (QED) is 0.687. The van der Waals surface area contributed by atoms with Crippen molar-refractivity contribution in [1.29, 1.82) is 0 Å². The second-order valence-corrected chi connectivity index (χ2v) is 9.36. The molecule has 2 amide bonds. The van der Waals surface area contributed by atoms with Crippen LogP contribution in [0.25, 0.3) is 0 Å². The lowest BCUT2D eigenvalue weighted by atomic mass is 9.56. The van der Waals surface area contributed by atoms with Gasteiger partial charge in [-0.15, -0.1) is 0 Å². The largest absolute Gasteiger partial charge is 0.484 e. The highest BCUT2D eigenvalue weighted by Gasteiger charge is 2.54. The van der Waals surface area contributed by atoms with Gasteiger partial charge < -0.3 is 15.4 Å². The molecule has 9 heteroatoms. The summed E-state index contributed by atoms with van der Waals surface area (Å²) >= 11 is 5.67. The molecule has 32 heavy (non-hydrogen) atoms. The molecule has 3 aliphatic carbocycles. The van der Waals surface area contributed by atoms with Gasteiger partial charge in [0.15, 0.2) is 6.61 Å². The highest BCUT2D eigenvalue weighted by molar-refractivity contribution is 6.30. The summed E-state index contributed by atoms with van der Waals surface area (Å²) in [7, 11) is 0. The molecule has 3 saturated carbocycles. The number of rotatable bonds is 6. The molecule has 3 aliphatic rings. The van der Waals surface area contributed by atoms with E-state index in [-0.39, 0.29) is 46.2 Å². The average Bonchev–Trinajstić information content (AvgIpc) is 2.76. The Labute approximate surface area is 191 Å². The first-order valence-corrected chi connectivity index (χ1v) is 11.1. The summed E-state index contributed by atoms with van der Waals surface area (Å²) in [5.74, 6) is -0.634. The Hall–Kier alpha value is -2.74. The SMILES string of the molecule is Cc1cnc(C(=O)NC23CCC(NC(=O)COc4ccc(Cl)c(F)c4)(CC2)[C@@H](C)C3)cn1. The number of carbonyl (C=O) groups is 2. The Morgan fingerprint density at radius 3 is 2.56 bits per heavy atom. The van der Waals surface area contributed by atoms with Crippen molar-refractivity contribution >= 4 is 23.4 Å². The molecule has 0 saturated heterocycles. The second-order valence-electron chi connectivity index (χ2n) is 8.95. The molecule has 1 aromatic carbocycles.